The summed E-state index contributed by atoms with van der Waals surface area (Å²) < 4.78 is 14.1. The highest BCUT2D eigenvalue weighted by molar-refractivity contribution is 7.21. The summed E-state index contributed by atoms with van der Waals surface area (Å²) in [6.45, 7) is 3.87. The molecule has 2 nitrogen and oxygen atoms in total. The van der Waals surface area contributed by atoms with E-state index in [0.29, 0.717) is 0 Å². The Labute approximate surface area is 132 Å². The third kappa shape index (κ3) is 2.74. The molecule has 1 heterocycles. The lowest BCUT2D eigenvalue weighted by Crippen LogP contribution is -2.26. The molecule has 4 heteroatoms. The Bertz CT molecular complexity index is 823. The Hall–Kier alpha value is -2.20. The van der Waals surface area contributed by atoms with Crippen LogP contribution in [0.15, 0.2) is 48.5 Å². The summed E-state index contributed by atoms with van der Waals surface area (Å²) in [5.74, 6) is -0.363. The normalized spacial score (nSPS) is 12.3. The van der Waals surface area contributed by atoms with Gasteiger partial charge >= 0.3 is 0 Å². The molecule has 1 atom stereocenters. The number of hydrogen-bond donors (Lipinski definition) is 1. The van der Waals surface area contributed by atoms with Gasteiger partial charge in [0.05, 0.1) is 10.9 Å². The van der Waals surface area contributed by atoms with E-state index in [1.807, 2.05) is 38.1 Å². The summed E-state index contributed by atoms with van der Waals surface area (Å²) >= 11 is 1.50. The zero-order valence-corrected chi connectivity index (χ0v) is 13.2. The molecule has 2 aromatic carbocycles. The molecule has 0 aliphatic heterocycles. The van der Waals surface area contributed by atoms with Gasteiger partial charge in [-0.2, -0.15) is 0 Å². The number of aryl methyl sites for hydroxylation is 1. The zero-order chi connectivity index (χ0) is 15.7. The molecule has 1 amide bonds. The van der Waals surface area contributed by atoms with Gasteiger partial charge in [-0.15, -0.1) is 11.3 Å². The standard InChI is InChI=1S/C18H16FNOS/c1-11-15-5-3-4-6-16(15)22-17(11)18(21)20-12(2)13-7-9-14(19)10-8-13/h3-10,12H,1-2H3,(H,20,21). The predicted molar refractivity (Wildman–Crippen MR) is 88.8 cm³/mol. The summed E-state index contributed by atoms with van der Waals surface area (Å²) in [5, 5.41) is 4.10. The predicted octanol–water partition coefficient (Wildman–Crippen LogP) is 4.84. The molecule has 0 saturated heterocycles. The van der Waals surface area contributed by atoms with Crippen LogP contribution in [0.1, 0.15) is 33.8 Å². The van der Waals surface area contributed by atoms with Crippen molar-refractivity contribution in [3.63, 3.8) is 0 Å². The first-order chi connectivity index (χ1) is 10.6. The van der Waals surface area contributed by atoms with Gasteiger partial charge in [-0.1, -0.05) is 30.3 Å². The maximum atomic E-state index is 13.0. The summed E-state index contributed by atoms with van der Waals surface area (Å²) in [6, 6.07) is 14.0. The van der Waals surface area contributed by atoms with Gasteiger partial charge in [0.15, 0.2) is 0 Å². The highest BCUT2D eigenvalue weighted by Gasteiger charge is 2.17. The second-order valence-corrected chi connectivity index (χ2v) is 6.35. The SMILES string of the molecule is Cc1c(C(=O)NC(C)c2ccc(F)cc2)sc2ccccc12. The Kier molecular flexibility index (Phi) is 3.94. The Morgan fingerprint density at radius 1 is 1.14 bits per heavy atom. The fourth-order valence-corrected chi connectivity index (χ4v) is 3.60. The molecule has 0 radical (unpaired) electrons. The molecule has 0 aliphatic carbocycles. The van der Waals surface area contributed by atoms with E-state index in [1.165, 1.54) is 23.5 Å². The van der Waals surface area contributed by atoms with Crippen LogP contribution in [0.25, 0.3) is 10.1 Å². The Morgan fingerprint density at radius 3 is 2.50 bits per heavy atom. The van der Waals surface area contributed by atoms with Gasteiger partial charge in [0.25, 0.3) is 5.91 Å². The fourth-order valence-electron chi connectivity index (χ4n) is 2.49. The summed E-state index contributed by atoms with van der Waals surface area (Å²) in [5.41, 5.74) is 1.89. The third-order valence-electron chi connectivity index (χ3n) is 3.77. The molecule has 0 aliphatic rings. The van der Waals surface area contributed by atoms with Crippen LogP contribution in [0, 0.1) is 12.7 Å². The van der Waals surface area contributed by atoms with Crippen molar-refractivity contribution in [2.75, 3.05) is 0 Å². The molecule has 0 saturated carbocycles. The largest absolute Gasteiger partial charge is 0.345 e. The molecule has 112 valence electrons. The van der Waals surface area contributed by atoms with Gasteiger partial charge < -0.3 is 5.32 Å². The smallest absolute Gasteiger partial charge is 0.262 e. The monoisotopic (exact) mass is 313 g/mol. The molecule has 0 spiro atoms. The van der Waals surface area contributed by atoms with E-state index in [1.54, 1.807) is 12.1 Å². The van der Waals surface area contributed by atoms with Gasteiger partial charge in [-0.3, -0.25) is 4.79 Å². The fraction of sp³-hybridized carbons (Fsp3) is 0.167. The molecule has 0 fully saturated rings. The van der Waals surface area contributed by atoms with E-state index >= 15 is 0 Å². The molecular weight excluding hydrogens is 297 g/mol. The molecule has 3 aromatic rings. The van der Waals surface area contributed by atoms with E-state index < -0.39 is 0 Å². The Balaban J connectivity index is 1.84. The van der Waals surface area contributed by atoms with Crippen LogP contribution in [0.4, 0.5) is 4.39 Å². The second kappa shape index (κ2) is 5.89. The molecule has 1 aromatic heterocycles. The van der Waals surface area contributed by atoms with E-state index in [9.17, 15) is 9.18 Å². The number of rotatable bonds is 3. The van der Waals surface area contributed by atoms with Crippen molar-refractivity contribution < 1.29 is 9.18 Å². The lowest BCUT2D eigenvalue weighted by atomic mass is 10.1. The topological polar surface area (TPSA) is 29.1 Å². The summed E-state index contributed by atoms with van der Waals surface area (Å²) in [6.07, 6.45) is 0. The minimum atomic E-state index is -0.275. The molecule has 22 heavy (non-hydrogen) atoms. The quantitative estimate of drug-likeness (QED) is 0.736. The third-order valence-corrected chi connectivity index (χ3v) is 5.04. The lowest BCUT2D eigenvalue weighted by molar-refractivity contribution is 0.0943. The van der Waals surface area contributed by atoms with Crippen molar-refractivity contribution in [2.24, 2.45) is 0 Å². The van der Waals surface area contributed by atoms with Crippen molar-refractivity contribution in [3.8, 4) is 0 Å². The number of fused-ring (bicyclic) bond motifs is 1. The van der Waals surface area contributed by atoms with Crippen molar-refractivity contribution in [1.82, 2.24) is 5.32 Å². The van der Waals surface area contributed by atoms with Crippen LogP contribution in [-0.2, 0) is 0 Å². The molecule has 3 rings (SSSR count). The Morgan fingerprint density at radius 2 is 1.82 bits per heavy atom. The first-order valence-electron chi connectivity index (χ1n) is 7.10. The van der Waals surface area contributed by atoms with E-state index in [2.05, 4.69) is 5.32 Å². The minimum absolute atomic E-state index is 0.0875. The summed E-state index contributed by atoms with van der Waals surface area (Å²) in [7, 11) is 0. The number of benzene rings is 2. The van der Waals surface area contributed by atoms with Crippen LogP contribution in [0.5, 0.6) is 0 Å². The van der Waals surface area contributed by atoms with Crippen LogP contribution in [-0.4, -0.2) is 5.91 Å². The average molecular weight is 313 g/mol. The van der Waals surface area contributed by atoms with Gasteiger partial charge in [0, 0.05) is 4.70 Å². The zero-order valence-electron chi connectivity index (χ0n) is 12.4. The van der Waals surface area contributed by atoms with Gasteiger partial charge in [-0.05, 0) is 48.6 Å². The molecule has 1 unspecified atom stereocenters. The first-order valence-corrected chi connectivity index (χ1v) is 7.92. The molecular formula is C18H16FNOS. The van der Waals surface area contributed by atoms with E-state index in [4.69, 9.17) is 0 Å². The number of hydrogen-bond acceptors (Lipinski definition) is 2. The van der Waals surface area contributed by atoms with Gasteiger partial charge in [-0.25, -0.2) is 4.39 Å². The number of nitrogens with one attached hydrogen (secondary N) is 1. The number of thiophene rings is 1. The van der Waals surface area contributed by atoms with Gasteiger partial charge in [0.2, 0.25) is 0 Å². The van der Waals surface area contributed by atoms with Gasteiger partial charge in [0.1, 0.15) is 5.82 Å². The van der Waals surface area contributed by atoms with Crippen LogP contribution in [0.3, 0.4) is 0 Å². The highest BCUT2D eigenvalue weighted by Crippen LogP contribution is 2.30. The number of carbonyl (C=O) groups is 1. The number of carbonyl (C=O) groups excluding carboxylic acids is 1. The van der Waals surface area contributed by atoms with Crippen LogP contribution in [0.2, 0.25) is 0 Å². The van der Waals surface area contributed by atoms with Crippen molar-refractivity contribution >= 4 is 27.3 Å². The van der Waals surface area contributed by atoms with Crippen LogP contribution >= 0.6 is 11.3 Å². The molecule has 1 N–H and O–H groups in total. The number of amides is 1. The van der Waals surface area contributed by atoms with Crippen LogP contribution < -0.4 is 5.32 Å². The average Bonchev–Trinajstić information content (AvgIpc) is 2.85. The van der Waals surface area contributed by atoms with Crippen molar-refractivity contribution in [3.05, 3.63) is 70.4 Å². The van der Waals surface area contributed by atoms with Crippen molar-refractivity contribution in [1.29, 1.82) is 0 Å². The van der Waals surface area contributed by atoms with Crippen molar-refractivity contribution in [2.45, 2.75) is 19.9 Å². The maximum Gasteiger partial charge on any atom is 0.262 e. The van der Waals surface area contributed by atoms with E-state index in [0.717, 1.165) is 26.1 Å². The highest BCUT2D eigenvalue weighted by atomic mass is 32.1. The van der Waals surface area contributed by atoms with E-state index in [-0.39, 0.29) is 17.8 Å². The molecule has 0 bridgehead atoms. The first kappa shape index (κ1) is 14.7. The maximum absolute atomic E-state index is 13.0. The number of halogens is 1. The lowest BCUT2D eigenvalue weighted by Gasteiger charge is -2.14. The summed E-state index contributed by atoms with van der Waals surface area (Å²) in [4.78, 5) is 13.2. The minimum Gasteiger partial charge on any atom is -0.345 e. The second-order valence-electron chi connectivity index (χ2n) is 5.30.